The van der Waals surface area contributed by atoms with Gasteiger partial charge in [-0.2, -0.15) is 0 Å². The van der Waals surface area contributed by atoms with E-state index in [1.807, 2.05) is 6.07 Å². The summed E-state index contributed by atoms with van der Waals surface area (Å²) in [6.07, 6.45) is 3.05. The van der Waals surface area contributed by atoms with E-state index < -0.39 is 11.9 Å². The van der Waals surface area contributed by atoms with Gasteiger partial charge in [-0.05, 0) is 23.8 Å². The number of carbonyl (C=O) groups excluding carboxylic acids is 1. The van der Waals surface area contributed by atoms with E-state index >= 15 is 0 Å². The monoisotopic (exact) mass is 281 g/mol. The van der Waals surface area contributed by atoms with Crippen molar-refractivity contribution in [1.29, 1.82) is 0 Å². The second-order valence-corrected chi connectivity index (χ2v) is 4.78. The van der Waals surface area contributed by atoms with Crippen molar-refractivity contribution in [3.05, 3.63) is 40.9 Å². The van der Waals surface area contributed by atoms with Crippen LogP contribution < -0.4 is 0 Å². The van der Waals surface area contributed by atoms with Gasteiger partial charge < -0.3 is 10.0 Å². The number of nitrogens with zero attached hydrogens (tertiary/aromatic N) is 1. The molecule has 0 heterocycles. The number of carbonyl (C=O) groups is 2. The quantitative estimate of drug-likeness (QED) is 0.844. The summed E-state index contributed by atoms with van der Waals surface area (Å²) in [6.45, 7) is 1.74. The Balaban J connectivity index is 2.61. The number of aliphatic carboxylic acids is 1. The van der Waals surface area contributed by atoms with Crippen molar-refractivity contribution in [2.75, 3.05) is 13.6 Å². The number of amides is 1. The van der Waals surface area contributed by atoms with Gasteiger partial charge >= 0.3 is 5.97 Å². The molecule has 0 radical (unpaired) electrons. The number of rotatable bonds is 5. The molecular formula is C14H16ClNO3. The van der Waals surface area contributed by atoms with Crippen LogP contribution in [0.25, 0.3) is 6.08 Å². The first-order chi connectivity index (χ1) is 8.90. The highest BCUT2D eigenvalue weighted by Gasteiger charge is 2.15. The number of likely N-dealkylation sites (N-methyl/N-ethyl adjacent to an activating group) is 1. The number of benzene rings is 1. The van der Waals surface area contributed by atoms with Crippen molar-refractivity contribution in [2.45, 2.75) is 6.92 Å². The zero-order valence-corrected chi connectivity index (χ0v) is 11.6. The fourth-order valence-corrected chi connectivity index (χ4v) is 1.68. The first kappa shape index (κ1) is 15.2. The molecule has 0 saturated heterocycles. The van der Waals surface area contributed by atoms with E-state index in [-0.39, 0.29) is 12.5 Å². The predicted molar refractivity (Wildman–Crippen MR) is 74.9 cm³/mol. The van der Waals surface area contributed by atoms with E-state index in [1.165, 1.54) is 11.0 Å². The third kappa shape index (κ3) is 5.14. The van der Waals surface area contributed by atoms with Gasteiger partial charge in [0.25, 0.3) is 0 Å². The van der Waals surface area contributed by atoms with Crippen molar-refractivity contribution >= 4 is 29.6 Å². The normalized spacial score (nSPS) is 12.4. The van der Waals surface area contributed by atoms with Crippen molar-refractivity contribution in [1.82, 2.24) is 4.90 Å². The molecule has 5 heteroatoms. The van der Waals surface area contributed by atoms with Crippen LogP contribution in [0.2, 0.25) is 5.02 Å². The van der Waals surface area contributed by atoms with E-state index in [2.05, 4.69) is 0 Å². The van der Waals surface area contributed by atoms with Gasteiger partial charge in [0.1, 0.15) is 0 Å². The standard InChI is InChI=1S/C14H16ClNO3/c1-10(14(18)19)9-16(2)13(17)7-6-11-4-3-5-12(15)8-11/h3-8,10H,9H2,1-2H3,(H,18,19). The Hall–Kier alpha value is -1.81. The maximum Gasteiger partial charge on any atom is 0.308 e. The van der Waals surface area contributed by atoms with Crippen LogP contribution in [0.15, 0.2) is 30.3 Å². The third-order valence-corrected chi connectivity index (χ3v) is 2.85. The summed E-state index contributed by atoms with van der Waals surface area (Å²) in [4.78, 5) is 23.9. The zero-order chi connectivity index (χ0) is 14.4. The molecule has 0 fully saturated rings. The van der Waals surface area contributed by atoms with Crippen LogP contribution in [0.3, 0.4) is 0 Å². The number of hydrogen-bond donors (Lipinski definition) is 1. The van der Waals surface area contributed by atoms with E-state index in [0.717, 1.165) is 5.56 Å². The van der Waals surface area contributed by atoms with Gasteiger partial charge in [-0.1, -0.05) is 30.7 Å². The van der Waals surface area contributed by atoms with E-state index in [9.17, 15) is 9.59 Å². The molecule has 1 rings (SSSR count). The Morgan fingerprint density at radius 2 is 2.16 bits per heavy atom. The molecule has 102 valence electrons. The number of carboxylic acids is 1. The summed E-state index contributed by atoms with van der Waals surface area (Å²) in [5, 5.41) is 9.38. The molecule has 4 nitrogen and oxygen atoms in total. The van der Waals surface area contributed by atoms with Gasteiger partial charge in [0.05, 0.1) is 5.92 Å². The highest BCUT2D eigenvalue weighted by Crippen LogP contribution is 2.12. The summed E-state index contributed by atoms with van der Waals surface area (Å²) in [7, 11) is 1.57. The fraction of sp³-hybridized carbons (Fsp3) is 0.286. The minimum Gasteiger partial charge on any atom is -0.481 e. The maximum absolute atomic E-state index is 11.8. The molecule has 0 aliphatic heterocycles. The minimum absolute atomic E-state index is 0.175. The maximum atomic E-state index is 11.8. The van der Waals surface area contributed by atoms with Crippen molar-refractivity contribution in [3.8, 4) is 0 Å². The minimum atomic E-state index is -0.918. The molecule has 0 spiro atoms. The van der Waals surface area contributed by atoms with Crippen LogP contribution in [0.1, 0.15) is 12.5 Å². The number of halogens is 1. The molecule has 1 N–H and O–H groups in total. The first-order valence-electron chi connectivity index (χ1n) is 5.81. The van der Waals surface area contributed by atoms with Crippen LogP contribution in [-0.4, -0.2) is 35.5 Å². The Kier molecular flexibility index (Phi) is 5.57. The van der Waals surface area contributed by atoms with Gasteiger partial charge in [0, 0.05) is 24.7 Å². The van der Waals surface area contributed by atoms with Crippen LogP contribution in [0.4, 0.5) is 0 Å². The molecular weight excluding hydrogens is 266 g/mol. The third-order valence-electron chi connectivity index (χ3n) is 2.61. The average molecular weight is 282 g/mol. The summed E-state index contributed by atoms with van der Waals surface area (Å²) in [5.74, 6) is -1.75. The van der Waals surface area contributed by atoms with Crippen molar-refractivity contribution in [2.24, 2.45) is 5.92 Å². The van der Waals surface area contributed by atoms with Crippen LogP contribution in [-0.2, 0) is 9.59 Å². The second kappa shape index (κ2) is 6.95. The van der Waals surface area contributed by atoms with Crippen LogP contribution in [0, 0.1) is 5.92 Å². The molecule has 0 bridgehead atoms. The first-order valence-corrected chi connectivity index (χ1v) is 6.19. The van der Waals surface area contributed by atoms with Crippen molar-refractivity contribution < 1.29 is 14.7 Å². The Bertz CT molecular complexity index is 499. The summed E-state index contributed by atoms with van der Waals surface area (Å²) < 4.78 is 0. The molecule has 1 aromatic rings. The SMILES string of the molecule is CC(CN(C)C(=O)C=Cc1cccc(Cl)c1)C(=O)O. The lowest BCUT2D eigenvalue weighted by molar-refractivity contribution is -0.142. The largest absolute Gasteiger partial charge is 0.481 e. The molecule has 1 unspecified atom stereocenters. The van der Waals surface area contributed by atoms with Gasteiger partial charge in [-0.25, -0.2) is 0 Å². The fourth-order valence-electron chi connectivity index (χ4n) is 1.48. The lowest BCUT2D eigenvalue weighted by Crippen LogP contribution is -2.32. The van der Waals surface area contributed by atoms with Crippen molar-refractivity contribution in [3.63, 3.8) is 0 Å². The van der Waals surface area contributed by atoms with Gasteiger partial charge in [-0.3, -0.25) is 9.59 Å². The predicted octanol–water partition coefficient (Wildman–Crippen LogP) is 2.53. The molecule has 19 heavy (non-hydrogen) atoms. The second-order valence-electron chi connectivity index (χ2n) is 4.35. The Morgan fingerprint density at radius 3 is 2.74 bits per heavy atom. The summed E-state index contributed by atoms with van der Waals surface area (Å²) in [5.41, 5.74) is 0.820. The average Bonchev–Trinajstić information content (AvgIpc) is 2.35. The molecule has 0 aromatic heterocycles. The van der Waals surface area contributed by atoms with Crippen LogP contribution >= 0.6 is 11.6 Å². The molecule has 1 aromatic carbocycles. The lowest BCUT2D eigenvalue weighted by Gasteiger charge is -2.17. The number of carboxylic acid groups (broad SMARTS) is 1. The van der Waals surface area contributed by atoms with Gasteiger partial charge in [0.2, 0.25) is 5.91 Å². The van der Waals surface area contributed by atoms with E-state index in [1.54, 1.807) is 38.2 Å². The summed E-state index contributed by atoms with van der Waals surface area (Å²) in [6, 6.07) is 7.12. The highest BCUT2D eigenvalue weighted by molar-refractivity contribution is 6.30. The molecule has 0 aliphatic rings. The van der Waals surface area contributed by atoms with Gasteiger partial charge in [0.15, 0.2) is 0 Å². The lowest BCUT2D eigenvalue weighted by atomic mass is 10.1. The highest BCUT2D eigenvalue weighted by atomic mass is 35.5. The zero-order valence-electron chi connectivity index (χ0n) is 10.8. The smallest absolute Gasteiger partial charge is 0.308 e. The molecule has 1 atom stereocenters. The Morgan fingerprint density at radius 1 is 1.47 bits per heavy atom. The van der Waals surface area contributed by atoms with Crippen LogP contribution in [0.5, 0.6) is 0 Å². The molecule has 0 aliphatic carbocycles. The molecule has 0 saturated carbocycles. The number of hydrogen-bond acceptors (Lipinski definition) is 2. The summed E-state index contributed by atoms with van der Waals surface area (Å²) >= 11 is 5.83. The Labute approximate surface area is 117 Å². The topological polar surface area (TPSA) is 57.6 Å². The van der Waals surface area contributed by atoms with E-state index in [0.29, 0.717) is 5.02 Å². The molecule has 1 amide bonds. The van der Waals surface area contributed by atoms with E-state index in [4.69, 9.17) is 16.7 Å². The van der Waals surface area contributed by atoms with Gasteiger partial charge in [-0.15, -0.1) is 0 Å².